The van der Waals surface area contributed by atoms with Crippen LogP contribution in [-0.2, 0) is 11.3 Å². The van der Waals surface area contributed by atoms with Gasteiger partial charge in [0.1, 0.15) is 5.65 Å². The summed E-state index contributed by atoms with van der Waals surface area (Å²) in [4.78, 5) is 17.9. The average Bonchev–Trinajstić information content (AvgIpc) is 3.13. The van der Waals surface area contributed by atoms with E-state index in [-0.39, 0.29) is 6.09 Å². The third-order valence-electron chi connectivity index (χ3n) is 4.09. The minimum atomic E-state index is -0.211. The fourth-order valence-corrected chi connectivity index (χ4v) is 2.89. The first-order chi connectivity index (χ1) is 10.7. The van der Waals surface area contributed by atoms with Gasteiger partial charge < -0.3 is 19.4 Å². The molecule has 6 heteroatoms. The van der Waals surface area contributed by atoms with Crippen molar-refractivity contribution in [3.8, 4) is 0 Å². The molecule has 3 heterocycles. The van der Waals surface area contributed by atoms with Crippen molar-refractivity contribution >= 4 is 11.7 Å². The molecule has 1 saturated heterocycles. The Morgan fingerprint density at radius 2 is 2.41 bits per heavy atom. The summed E-state index contributed by atoms with van der Waals surface area (Å²) in [7, 11) is 0. The minimum absolute atomic E-state index is 0.211. The van der Waals surface area contributed by atoms with Gasteiger partial charge in [0.15, 0.2) is 0 Å². The first kappa shape index (κ1) is 14.8. The summed E-state index contributed by atoms with van der Waals surface area (Å²) in [5, 5.41) is 3.51. The van der Waals surface area contributed by atoms with Gasteiger partial charge in [0.2, 0.25) is 0 Å². The Labute approximate surface area is 130 Å². The van der Waals surface area contributed by atoms with Crippen molar-refractivity contribution in [2.45, 2.75) is 32.9 Å². The van der Waals surface area contributed by atoms with Gasteiger partial charge in [-0.25, -0.2) is 9.78 Å². The molecule has 0 radical (unpaired) electrons. The Hall–Kier alpha value is -2.08. The summed E-state index contributed by atoms with van der Waals surface area (Å²) in [6.07, 6.45) is 4.69. The summed E-state index contributed by atoms with van der Waals surface area (Å²) in [6.45, 7) is 6.52. The van der Waals surface area contributed by atoms with Crippen LogP contribution in [0.5, 0.6) is 0 Å². The lowest BCUT2D eigenvalue weighted by Crippen LogP contribution is -2.35. The van der Waals surface area contributed by atoms with Gasteiger partial charge in [0, 0.05) is 31.9 Å². The van der Waals surface area contributed by atoms with Crippen molar-refractivity contribution < 1.29 is 9.53 Å². The SMILES string of the molecule is CCOC(=O)N1CC[C@@H](NCc2cnc3c(C)cccn23)C1. The number of aryl methyl sites for hydroxylation is 1. The topological polar surface area (TPSA) is 58.9 Å². The monoisotopic (exact) mass is 302 g/mol. The van der Waals surface area contributed by atoms with Gasteiger partial charge in [0.05, 0.1) is 18.5 Å². The molecule has 1 fully saturated rings. The van der Waals surface area contributed by atoms with Crippen molar-refractivity contribution in [1.29, 1.82) is 0 Å². The minimum Gasteiger partial charge on any atom is -0.450 e. The second-order valence-electron chi connectivity index (χ2n) is 5.65. The van der Waals surface area contributed by atoms with Gasteiger partial charge in [-0.1, -0.05) is 6.07 Å². The van der Waals surface area contributed by atoms with E-state index in [2.05, 4.69) is 27.7 Å². The normalized spacial score (nSPS) is 18.1. The fourth-order valence-electron chi connectivity index (χ4n) is 2.89. The van der Waals surface area contributed by atoms with E-state index in [0.29, 0.717) is 19.2 Å². The van der Waals surface area contributed by atoms with Gasteiger partial charge in [-0.2, -0.15) is 0 Å². The summed E-state index contributed by atoms with van der Waals surface area (Å²) in [5.74, 6) is 0. The molecule has 1 N–H and O–H groups in total. The third kappa shape index (κ3) is 2.92. The standard InChI is InChI=1S/C16H22N4O2/c1-3-22-16(21)19-8-6-13(11-19)17-9-14-10-18-15-12(2)5-4-7-20(14)15/h4-5,7,10,13,17H,3,6,8-9,11H2,1-2H3/t13-/m1/s1. The van der Waals surface area contributed by atoms with Gasteiger partial charge >= 0.3 is 6.09 Å². The lowest BCUT2D eigenvalue weighted by Gasteiger charge is -2.16. The number of hydrogen-bond donors (Lipinski definition) is 1. The molecule has 3 rings (SSSR count). The van der Waals surface area contributed by atoms with Crippen molar-refractivity contribution in [2.75, 3.05) is 19.7 Å². The lowest BCUT2D eigenvalue weighted by molar-refractivity contribution is 0.115. The van der Waals surface area contributed by atoms with Crippen LogP contribution in [0.3, 0.4) is 0 Å². The van der Waals surface area contributed by atoms with Gasteiger partial charge in [-0.3, -0.25) is 0 Å². The molecule has 2 aromatic rings. The average molecular weight is 302 g/mol. The predicted octanol–water partition coefficient (Wildman–Crippen LogP) is 1.96. The van der Waals surface area contributed by atoms with Crippen LogP contribution in [0.4, 0.5) is 4.79 Å². The smallest absolute Gasteiger partial charge is 0.409 e. The number of rotatable bonds is 4. The molecule has 1 atom stereocenters. The van der Waals surface area contributed by atoms with Gasteiger partial charge in [-0.05, 0) is 31.9 Å². The molecule has 0 spiro atoms. The molecule has 0 unspecified atom stereocenters. The van der Waals surface area contributed by atoms with E-state index in [4.69, 9.17) is 4.74 Å². The Morgan fingerprint density at radius 3 is 3.23 bits per heavy atom. The second kappa shape index (κ2) is 6.36. The van der Waals surface area contributed by atoms with Crippen molar-refractivity contribution in [1.82, 2.24) is 19.6 Å². The first-order valence-corrected chi connectivity index (χ1v) is 7.75. The molecule has 118 valence electrons. The van der Waals surface area contributed by atoms with Crippen LogP contribution < -0.4 is 5.32 Å². The predicted molar refractivity (Wildman–Crippen MR) is 83.8 cm³/mol. The number of fused-ring (bicyclic) bond motifs is 1. The van der Waals surface area contributed by atoms with Crippen LogP contribution in [0.15, 0.2) is 24.5 Å². The number of nitrogens with zero attached hydrogens (tertiary/aromatic N) is 3. The summed E-state index contributed by atoms with van der Waals surface area (Å²) in [5.41, 5.74) is 3.30. The number of imidazole rings is 1. The Balaban J connectivity index is 1.59. The van der Waals surface area contributed by atoms with E-state index < -0.39 is 0 Å². The summed E-state index contributed by atoms with van der Waals surface area (Å²) in [6, 6.07) is 4.40. The largest absolute Gasteiger partial charge is 0.450 e. The highest BCUT2D eigenvalue weighted by Crippen LogP contribution is 2.13. The van der Waals surface area contributed by atoms with Crippen molar-refractivity contribution in [3.05, 3.63) is 35.8 Å². The number of nitrogens with one attached hydrogen (secondary N) is 1. The quantitative estimate of drug-likeness (QED) is 0.938. The molecule has 6 nitrogen and oxygen atoms in total. The third-order valence-corrected chi connectivity index (χ3v) is 4.09. The number of carbonyl (C=O) groups is 1. The van der Waals surface area contributed by atoms with Gasteiger partial charge in [0.25, 0.3) is 0 Å². The van der Waals surface area contributed by atoms with E-state index in [9.17, 15) is 4.79 Å². The van der Waals surface area contributed by atoms with Gasteiger partial charge in [-0.15, -0.1) is 0 Å². The Bertz CT molecular complexity index is 667. The molecule has 0 bridgehead atoms. The van der Waals surface area contributed by atoms with Crippen LogP contribution in [0.25, 0.3) is 5.65 Å². The lowest BCUT2D eigenvalue weighted by atomic mass is 10.2. The molecule has 0 aliphatic carbocycles. The van der Waals surface area contributed by atoms with Crippen molar-refractivity contribution in [2.24, 2.45) is 0 Å². The van der Waals surface area contributed by atoms with Crippen LogP contribution in [0, 0.1) is 6.92 Å². The maximum absolute atomic E-state index is 11.7. The van der Waals surface area contributed by atoms with E-state index in [0.717, 1.165) is 30.9 Å². The zero-order valence-corrected chi connectivity index (χ0v) is 13.1. The maximum atomic E-state index is 11.7. The number of amides is 1. The van der Waals surface area contributed by atoms with Crippen LogP contribution in [-0.4, -0.2) is 46.1 Å². The zero-order chi connectivity index (χ0) is 15.5. The van der Waals surface area contributed by atoms with Crippen molar-refractivity contribution in [3.63, 3.8) is 0 Å². The maximum Gasteiger partial charge on any atom is 0.409 e. The Morgan fingerprint density at radius 1 is 1.55 bits per heavy atom. The van der Waals surface area contributed by atoms with Crippen LogP contribution in [0.2, 0.25) is 0 Å². The highest BCUT2D eigenvalue weighted by molar-refractivity contribution is 5.68. The molecular weight excluding hydrogens is 280 g/mol. The molecule has 22 heavy (non-hydrogen) atoms. The number of ether oxygens (including phenoxy) is 1. The second-order valence-corrected chi connectivity index (χ2v) is 5.65. The van der Waals surface area contributed by atoms with Crippen LogP contribution in [0.1, 0.15) is 24.6 Å². The molecule has 1 amide bonds. The number of aromatic nitrogens is 2. The molecular formula is C16H22N4O2. The van der Waals surface area contributed by atoms with E-state index in [1.807, 2.05) is 25.4 Å². The fraction of sp³-hybridized carbons (Fsp3) is 0.500. The molecule has 0 saturated carbocycles. The van der Waals surface area contributed by atoms with E-state index in [1.54, 1.807) is 4.90 Å². The van der Waals surface area contributed by atoms with E-state index >= 15 is 0 Å². The molecule has 0 aromatic carbocycles. The number of hydrogen-bond acceptors (Lipinski definition) is 4. The molecule has 1 aliphatic rings. The highest BCUT2D eigenvalue weighted by Gasteiger charge is 2.26. The van der Waals surface area contributed by atoms with Crippen LogP contribution >= 0.6 is 0 Å². The number of carbonyl (C=O) groups excluding carboxylic acids is 1. The zero-order valence-electron chi connectivity index (χ0n) is 13.1. The first-order valence-electron chi connectivity index (χ1n) is 7.75. The number of likely N-dealkylation sites (tertiary alicyclic amines) is 1. The Kier molecular flexibility index (Phi) is 4.29. The molecule has 2 aromatic heterocycles. The number of pyridine rings is 1. The summed E-state index contributed by atoms with van der Waals surface area (Å²) >= 11 is 0. The highest BCUT2D eigenvalue weighted by atomic mass is 16.6. The summed E-state index contributed by atoms with van der Waals surface area (Å²) < 4.78 is 7.15. The molecule has 1 aliphatic heterocycles. The van der Waals surface area contributed by atoms with E-state index in [1.165, 1.54) is 5.56 Å².